The summed E-state index contributed by atoms with van der Waals surface area (Å²) in [7, 11) is 0. The van der Waals surface area contributed by atoms with E-state index in [0.717, 1.165) is 38.2 Å². The molecular weight excluding hydrogens is 403 g/mol. The number of nitro benzene ring substituents is 1. The van der Waals surface area contributed by atoms with Gasteiger partial charge in [-0.3, -0.25) is 24.6 Å². The molecule has 3 rings (SSSR count). The van der Waals surface area contributed by atoms with Gasteiger partial charge in [0.25, 0.3) is 11.6 Å². The van der Waals surface area contributed by atoms with Crippen LogP contribution in [-0.2, 0) is 4.79 Å². The van der Waals surface area contributed by atoms with Crippen molar-refractivity contribution in [2.45, 2.75) is 32.1 Å². The first-order valence-corrected chi connectivity index (χ1v) is 9.72. The van der Waals surface area contributed by atoms with E-state index in [2.05, 4.69) is 0 Å². The van der Waals surface area contributed by atoms with Crippen LogP contribution in [0.2, 0.25) is 5.02 Å². The van der Waals surface area contributed by atoms with Crippen molar-refractivity contribution in [1.29, 1.82) is 0 Å². The lowest BCUT2D eigenvalue weighted by atomic mass is 9.85. The molecule has 1 amide bonds. The Hall–Kier alpha value is -2.44. The summed E-state index contributed by atoms with van der Waals surface area (Å²) in [5, 5.41) is 10.9. The Morgan fingerprint density at radius 3 is 2.54 bits per heavy atom. The maximum atomic E-state index is 13.3. The lowest BCUT2D eigenvalue weighted by Crippen LogP contribution is -2.33. The Morgan fingerprint density at radius 1 is 1.18 bits per heavy atom. The van der Waals surface area contributed by atoms with Crippen molar-refractivity contribution in [2.75, 3.05) is 0 Å². The van der Waals surface area contributed by atoms with Gasteiger partial charge in [-0.15, -0.1) is 0 Å². The first kappa shape index (κ1) is 20.3. The highest BCUT2D eigenvalue weighted by Crippen LogP contribution is 2.36. The SMILES string of the molecule is O=C1C=CC=C(C2CCCCC2)N(C(=O)c2ccc([N+](=O)[O-])cc2Cl)C(Cl)=C1. The molecule has 1 saturated carbocycles. The van der Waals surface area contributed by atoms with Crippen LogP contribution in [0.3, 0.4) is 0 Å². The van der Waals surface area contributed by atoms with E-state index >= 15 is 0 Å². The molecule has 0 spiro atoms. The summed E-state index contributed by atoms with van der Waals surface area (Å²) >= 11 is 12.5. The fourth-order valence-corrected chi connectivity index (χ4v) is 4.05. The predicted molar refractivity (Wildman–Crippen MR) is 107 cm³/mol. The van der Waals surface area contributed by atoms with Gasteiger partial charge in [0.05, 0.1) is 15.5 Å². The maximum absolute atomic E-state index is 13.3. The van der Waals surface area contributed by atoms with Crippen LogP contribution in [-0.4, -0.2) is 21.5 Å². The van der Waals surface area contributed by atoms with Gasteiger partial charge in [0.15, 0.2) is 5.78 Å². The zero-order valence-electron chi connectivity index (χ0n) is 14.9. The number of non-ortho nitro benzene ring substituents is 1. The van der Waals surface area contributed by atoms with Crippen molar-refractivity contribution in [3.63, 3.8) is 0 Å². The molecule has 1 heterocycles. The third kappa shape index (κ3) is 4.34. The summed E-state index contributed by atoms with van der Waals surface area (Å²) in [6, 6.07) is 3.66. The number of carbonyl (C=O) groups is 2. The van der Waals surface area contributed by atoms with Gasteiger partial charge in [-0.1, -0.05) is 48.5 Å². The highest BCUT2D eigenvalue weighted by Gasteiger charge is 2.31. The molecular formula is C20H18Cl2N2O4. The summed E-state index contributed by atoms with van der Waals surface area (Å²) in [6.45, 7) is 0. The summed E-state index contributed by atoms with van der Waals surface area (Å²) in [5.74, 6) is -0.743. The molecule has 8 heteroatoms. The van der Waals surface area contributed by atoms with Crippen LogP contribution in [0.1, 0.15) is 42.5 Å². The van der Waals surface area contributed by atoms with Crippen LogP contribution < -0.4 is 0 Å². The van der Waals surface area contributed by atoms with Gasteiger partial charge in [-0.25, -0.2) is 0 Å². The van der Waals surface area contributed by atoms with Crippen molar-refractivity contribution in [1.82, 2.24) is 4.90 Å². The van der Waals surface area contributed by atoms with Crippen LogP contribution in [0.15, 0.2) is 53.4 Å². The van der Waals surface area contributed by atoms with Gasteiger partial charge in [-0.05, 0) is 37.0 Å². The van der Waals surface area contributed by atoms with Crippen LogP contribution >= 0.6 is 23.2 Å². The number of ketones is 1. The molecule has 0 aromatic heterocycles. The minimum absolute atomic E-state index is 0.0226. The molecule has 1 aliphatic carbocycles. The second-order valence-corrected chi connectivity index (χ2v) is 7.51. The normalized spacial score (nSPS) is 18.2. The summed E-state index contributed by atoms with van der Waals surface area (Å²) in [5.41, 5.74) is 0.568. The Kier molecular flexibility index (Phi) is 6.31. The van der Waals surface area contributed by atoms with Crippen LogP contribution in [0.25, 0.3) is 0 Å². The quantitative estimate of drug-likeness (QED) is 0.373. The van der Waals surface area contributed by atoms with Crippen molar-refractivity contribution < 1.29 is 14.5 Å². The van der Waals surface area contributed by atoms with E-state index in [1.54, 1.807) is 12.2 Å². The van der Waals surface area contributed by atoms with Gasteiger partial charge in [0.2, 0.25) is 0 Å². The highest BCUT2D eigenvalue weighted by atomic mass is 35.5. The van der Waals surface area contributed by atoms with E-state index in [4.69, 9.17) is 23.2 Å². The number of hydrogen-bond acceptors (Lipinski definition) is 4. The third-order valence-electron chi connectivity index (χ3n) is 4.88. The Labute approximate surface area is 172 Å². The molecule has 0 atom stereocenters. The van der Waals surface area contributed by atoms with E-state index in [1.807, 2.05) is 0 Å². The zero-order valence-corrected chi connectivity index (χ0v) is 16.4. The molecule has 1 aromatic rings. The number of nitro groups is 1. The number of hydrogen-bond donors (Lipinski definition) is 0. The fourth-order valence-electron chi connectivity index (χ4n) is 3.51. The summed E-state index contributed by atoms with van der Waals surface area (Å²) < 4.78 is 0. The van der Waals surface area contributed by atoms with Crippen LogP contribution in [0.4, 0.5) is 5.69 Å². The largest absolute Gasteiger partial charge is 0.290 e. The molecule has 0 radical (unpaired) electrons. The number of benzene rings is 1. The van der Waals surface area contributed by atoms with E-state index in [1.165, 1.54) is 29.2 Å². The Morgan fingerprint density at radius 2 is 1.89 bits per heavy atom. The second-order valence-electron chi connectivity index (χ2n) is 6.72. The lowest BCUT2D eigenvalue weighted by Gasteiger charge is -2.33. The van der Waals surface area contributed by atoms with E-state index in [9.17, 15) is 19.7 Å². The lowest BCUT2D eigenvalue weighted by molar-refractivity contribution is -0.384. The molecule has 0 N–H and O–H groups in total. The first-order valence-electron chi connectivity index (χ1n) is 8.96. The summed E-state index contributed by atoms with van der Waals surface area (Å²) in [6.07, 6.45) is 11.0. The molecule has 0 unspecified atom stereocenters. The highest BCUT2D eigenvalue weighted by molar-refractivity contribution is 6.35. The van der Waals surface area contributed by atoms with E-state index in [-0.39, 0.29) is 33.1 Å². The number of carbonyl (C=O) groups excluding carboxylic acids is 2. The molecule has 0 saturated heterocycles. The smallest absolute Gasteiger partial charge is 0.270 e. The number of halogens is 2. The molecule has 1 aliphatic heterocycles. The van der Waals surface area contributed by atoms with E-state index < -0.39 is 10.8 Å². The van der Waals surface area contributed by atoms with Crippen molar-refractivity contribution >= 4 is 40.6 Å². The second kappa shape index (κ2) is 8.71. The van der Waals surface area contributed by atoms with E-state index in [0.29, 0.717) is 5.70 Å². The fraction of sp³-hybridized carbons (Fsp3) is 0.300. The van der Waals surface area contributed by atoms with Crippen LogP contribution in [0, 0.1) is 16.0 Å². The average molecular weight is 421 g/mol. The zero-order chi connectivity index (χ0) is 20.3. The van der Waals surface area contributed by atoms with Crippen molar-refractivity contribution in [2.24, 2.45) is 5.92 Å². The van der Waals surface area contributed by atoms with Crippen LogP contribution in [0.5, 0.6) is 0 Å². The maximum Gasteiger partial charge on any atom is 0.270 e. The number of rotatable bonds is 3. The standard InChI is InChI=1S/C20H18Cl2N2O4/c21-17-11-14(24(27)28)9-10-16(17)20(26)23-18(13-5-2-1-3-6-13)8-4-7-15(25)12-19(23)22/h4,7-13H,1-3,5-6H2. The predicted octanol–water partition coefficient (Wildman–Crippen LogP) is 5.37. The Balaban J connectivity index is 2.05. The molecule has 2 aliphatic rings. The monoisotopic (exact) mass is 420 g/mol. The number of nitrogens with zero attached hydrogens (tertiary/aromatic N) is 2. The average Bonchev–Trinajstić information content (AvgIpc) is 2.66. The molecule has 1 fully saturated rings. The number of allylic oxidation sites excluding steroid dienone is 5. The minimum Gasteiger partial charge on any atom is -0.290 e. The number of amides is 1. The van der Waals surface area contributed by atoms with Crippen molar-refractivity contribution in [3.05, 3.63) is 74.1 Å². The van der Waals surface area contributed by atoms with Gasteiger partial charge in [0, 0.05) is 23.9 Å². The molecule has 146 valence electrons. The Bertz CT molecular complexity index is 915. The van der Waals surface area contributed by atoms with Crippen molar-refractivity contribution in [3.8, 4) is 0 Å². The molecule has 28 heavy (non-hydrogen) atoms. The summed E-state index contributed by atoms with van der Waals surface area (Å²) in [4.78, 5) is 36.9. The van der Waals surface area contributed by atoms with Gasteiger partial charge in [0.1, 0.15) is 5.16 Å². The molecule has 0 bridgehead atoms. The van der Waals surface area contributed by atoms with Gasteiger partial charge >= 0.3 is 0 Å². The first-order chi connectivity index (χ1) is 13.4. The minimum atomic E-state index is -0.583. The van der Waals surface area contributed by atoms with Gasteiger partial charge in [-0.2, -0.15) is 0 Å². The third-order valence-corrected chi connectivity index (χ3v) is 5.47. The van der Waals surface area contributed by atoms with Gasteiger partial charge < -0.3 is 0 Å². The topological polar surface area (TPSA) is 80.5 Å². The molecule has 1 aromatic carbocycles. The molecule has 6 nitrogen and oxygen atoms in total.